The van der Waals surface area contributed by atoms with Gasteiger partial charge in [0.05, 0.1) is 5.69 Å². The number of nitrogens with zero attached hydrogens (tertiary/aromatic N) is 3. The minimum Gasteiger partial charge on any atom is -0.357 e. The van der Waals surface area contributed by atoms with E-state index in [2.05, 4.69) is 51.4 Å². The van der Waals surface area contributed by atoms with Crippen molar-refractivity contribution in [2.45, 2.75) is 32.7 Å². The van der Waals surface area contributed by atoms with Gasteiger partial charge in [0.1, 0.15) is 0 Å². The Morgan fingerprint density at radius 2 is 1.91 bits per heavy atom. The van der Waals surface area contributed by atoms with Gasteiger partial charge in [-0.2, -0.15) is 0 Å². The molecule has 1 aliphatic heterocycles. The first-order chi connectivity index (χ1) is 10.7. The zero-order chi connectivity index (χ0) is 15.5. The van der Waals surface area contributed by atoms with E-state index in [-0.39, 0.29) is 0 Å². The number of hydrogen-bond acceptors (Lipinski definition) is 4. The summed E-state index contributed by atoms with van der Waals surface area (Å²) in [5.74, 6) is 0.674. The highest BCUT2D eigenvalue weighted by atomic mass is 15.2. The Bertz CT molecular complexity index is 647. The first-order valence-corrected chi connectivity index (χ1v) is 8.05. The Morgan fingerprint density at radius 1 is 1.14 bits per heavy atom. The van der Waals surface area contributed by atoms with Crippen LogP contribution < -0.4 is 5.32 Å². The number of nitrogens with one attached hydrogen (secondary N) is 1. The van der Waals surface area contributed by atoms with Gasteiger partial charge in [-0.25, -0.2) is 9.97 Å². The molecule has 1 aromatic carbocycles. The molecule has 4 nitrogen and oxygen atoms in total. The van der Waals surface area contributed by atoms with Crippen molar-refractivity contribution in [1.82, 2.24) is 14.9 Å². The summed E-state index contributed by atoms with van der Waals surface area (Å²) >= 11 is 0. The fourth-order valence-corrected chi connectivity index (χ4v) is 3.13. The Hall–Kier alpha value is -1.94. The maximum absolute atomic E-state index is 4.58. The van der Waals surface area contributed by atoms with Crippen LogP contribution in [0.3, 0.4) is 0 Å². The number of rotatable bonds is 4. The van der Waals surface area contributed by atoms with Gasteiger partial charge in [0.15, 0.2) is 0 Å². The van der Waals surface area contributed by atoms with E-state index in [0.29, 0.717) is 12.0 Å². The van der Waals surface area contributed by atoms with Crippen LogP contribution in [0.1, 0.15) is 37.1 Å². The second-order valence-electron chi connectivity index (χ2n) is 6.01. The zero-order valence-electron chi connectivity index (χ0n) is 13.6. The highest BCUT2D eigenvalue weighted by Gasteiger charge is 2.19. The van der Waals surface area contributed by atoms with E-state index in [1.165, 1.54) is 31.5 Å². The van der Waals surface area contributed by atoms with Gasteiger partial charge < -0.3 is 5.32 Å². The largest absolute Gasteiger partial charge is 0.357 e. The van der Waals surface area contributed by atoms with Crippen LogP contribution in [0.2, 0.25) is 0 Å². The van der Waals surface area contributed by atoms with E-state index in [4.69, 9.17) is 0 Å². The third-order valence-corrected chi connectivity index (χ3v) is 4.43. The maximum atomic E-state index is 4.58. The van der Waals surface area contributed by atoms with Gasteiger partial charge in [0, 0.05) is 24.3 Å². The van der Waals surface area contributed by atoms with E-state index in [1.54, 1.807) is 0 Å². The Labute approximate surface area is 132 Å². The molecule has 2 aromatic rings. The number of benzene rings is 1. The fourth-order valence-electron chi connectivity index (χ4n) is 3.13. The Kier molecular flexibility index (Phi) is 4.39. The zero-order valence-corrected chi connectivity index (χ0v) is 13.6. The molecule has 3 rings (SSSR count). The van der Waals surface area contributed by atoms with Crippen molar-refractivity contribution in [3.05, 3.63) is 41.6 Å². The lowest BCUT2D eigenvalue weighted by molar-refractivity contribution is 0.263. The van der Waals surface area contributed by atoms with Gasteiger partial charge in [-0.1, -0.05) is 18.2 Å². The molecule has 2 heterocycles. The standard InChI is InChI=1S/C18H24N4/c1-13-11-17(21-18(19-3)20-13)16-8-6-7-15(12-16)14(2)22-9-4-5-10-22/h6-8,11-12,14H,4-5,9-10H2,1-3H3,(H,19,20,21). The van der Waals surface area contributed by atoms with Gasteiger partial charge in [-0.15, -0.1) is 0 Å². The van der Waals surface area contributed by atoms with Gasteiger partial charge in [-0.05, 0) is 57.5 Å². The Balaban J connectivity index is 1.92. The second-order valence-corrected chi connectivity index (χ2v) is 6.01. The third kappa shape index (κ3) is 3.12. The van der Waals surface area contributed by atoms with Crippen LogP contribution in [0.15, 0.2) is 30.3 Å². The molecule has 0 amide bonds. The van der Waals surface area contributed by atoms with E-state index in [0.717, 1.165) is 17.0 Å². The molecule has 1 atom stereocenters. The predicted molar refractivity (Wildman–Crippen MR) is 91.0 cm³/mol. The molecule has 0 saturated carbocycles. The van der Waals surface area contributed by atoms with Crippen molar-refractivity contribution in [2.75, 3.05) is 25.5 Å². The summed E-state index contributed by atoms with van der Waals surface area (Å²) < 4.78 is 0. The van der Waals surface area contributed by atoms with Gasteiger partial charge >= 0.3 is 0 Å². The second kappa shape index (κ2) is 6.44. The molecule has 0 aliphatic carbocycles. The highest BCUT2D eigenvalue weighted by Crippen LogP contribution is 2.28. The van der Waals surface area contributed by atoms with Crippen molar-refractivity contribution in [2.24, 2.45) is 0 Å². The topological polar surface area (TPSA) is 41.1 Å². The number of anilines is 1. The van der Waals surface area contributed by atoms with Gasteiger partial charge in [-0.3, -0.25) is 4.90 Å². The SMILES string of the molecule is CNc1nc(C)cc(-c2cccc(C(C)N3CCCC3)c2)n1. The van der Waals surface area contributed by atoms with Crippen molar-refractivity contribution in [3.8, 4) is 11.3 Å². The molecule has 1 fully saturated rings. The molecule has 0 radical (unpaired) electrons. The van der Waals surface area contributed by atoms with Crippen LogP contribution in [0.5, 0.6) is 0 Å². The quantitative estimate of drug-likeness (QED) is 0.935. The maximum Gasteiger partial charge on any atom is 0.223 e. The number of aryl methyl sites for hydroxylation is 1. The van der Waals surface area contributed by atoms with Crippen LogP contribution in [-0.4, -0.2) is 35.0 Å². The lowest BCUT2D eigenvalue weighted by atomic mass is 10.0. The minimum atomic E-state index is 0.467. The van der Waals surface area contributed by atoms with Crippen LogP contribution in [0.4, 0.5) is 5.95 Å². The molecule has 1 unspecified atom stereocenters. The summed E-state index contributed by atoms with van der Waals surface area (Å²) in [5.41, 5.74) is 4.48. The molecule has 4 heteroatoms. The normalized spacial score (nSPS) is 16.7. The molecule has 1 aromatic heterocycles. The number of hydrogen-bond donors (Lipinski definition) is 1. The molecule has 116 valence electrons. The number of aromatic nitrogens is 2. The molecule has 0 spiro atoms. The van der Waals surface area contributed by atoms with E-state index < -0.39 is 0 Å². The molecule has 22 heavy (non-hydrogen) atoms. The molecule has 1 saturated heterocycles. The summed E-state index contributed by atoms with van der Waals surface area (Å²) in [7, 11) is 1.85. The molecular formula is C18H24N4. The first-order valence-electron chi connectivity index (χ1n) is 8.05. The Morgan fingerprint density at radius 3 is 2.64 bits per heavy atom. The van der Waals surface area contributed by atoms with E-state index >= 15 is 0 Å². The average Bonchev–Trinajstić information content (AvgIpc) is 3.08. The van der Waals surface area contributed by atoms with Crippen LogP contribution >= 0.6 is 0 Å². The van der Waals surface area contributed by atoms with Crippen molar-refractivity contribution < 1.29 is 0 Å². The highest BCUT2D eigenvalue weighted by molar-refractivity contribution is 5.62. The lowest BCUT2D eigenvalue weighted by Crippen LogP contribution is -2.23. The fraction of sp³-hybridized carbons (Fsp3) is 0.444. The summed E-state index contributed by atoms with van der Waals surface area (Å²) in [6.45, 7) is 6.72. The van der Waals surface area contributed by atoms with Crippen molar-refractivity contribution in [3.63, 3.8) is 0 Å². The van der Waals surface area contributed by atoms with Crippen LogP contribution in [-0.2, 0) is 0 Å². The summed E-state index contributed by atoms with van der Waals surface area (Å²) in [6, 6.07) is 11.3. The third-order valence-electron chi connectivity index (χ3n) is 4.43. The van der Waals surface area contributed by atoms with E-state index in [1.807, 2.05) is 20.0 Å². The summed E-state index contributed by atoms with van der Waals surface area (Å²) in [6.07, 6.45) is 2.64. The van der Waals surface area contributed by atoms with Gasteiger partial charge in [0.2, 0.25) is 5.95 Å². The molecule has 1 aliphatic rings. The van der Waals surface area contributed by atoms with Gasteiger partial charge in [0.25, 0.3) is 0 Å². The monoisotopic (exact) mass is 296 g/mol. The number of likely N-dealkylation sites (tertiary alicyclic amines) is 1. The molecule has 0 bridgehead atoms. The van der Waals surface area contributed by atoms with Crippen molar-refractivity contribution >= 4 is 5.95 Å². The van der Waals surface area contributed by atoms with Crippen molar-refractivity contribution in [1.29, 1.82) is 0 Å². The predicted octanol–water partition coefficient (Wildman–Crippen LogP) is 3.65. The van der Waals surface area contributed by atoms with E-state index in [9.17, 15) is 0 Å². The first kappa shape index (κ1) is 15.0. The van der Waals surface area contributed by atoms with Crippen LogP contribution in [0, 0.1) is 6.92 Å². The average molecular weight is 296 g/mol. The minimum absolute atomic E-state index is 0.467. The molecular weight excluding hydrogens is 272 g/mol. The summed E-state index contributed by atoms with van der Waals surface area (Å²) in [5, 5.41) is 3.03. The molecule has 1 N–H and O–H groups in total. The lowest BCUT2D eigenvalue weighted by Gasteiger charge is -2.24. The summed E-state index contributed by atoms with van der Waals surface area (Å²) in [4.78, 5) is 11.5. The van der Waals surface area contributed by atoms with Crippen LogP contribution in [0.25, 0.3) is 11.3 Å². The smallest absolute Gasteiger partial charge is 0.223 e.